The Balaban J connectivity index is 2.08. The Morgan fingerprint density at radius 2 is 1.77 bits per heavy atom. The second-order valence-corrected chi connectivity index (χ2v) is 8.84. The van der Waals surface area contributed by atoms with Gasteiger partial charge in [-0.2, -0.15) is 0 Å². The first-order valence-electron chi connectivity index (χ1n) is 8.36. The number of hydrogen-bond donors (Lipinski definition) is 1. The number of aromatic amines is 1. The van der Waals surface area contributed by atoms with Crippen molar-refractivity contribution in [3.05, 3.63) is 40.8 Å². The summed E-state index contributed by atoms with van der Waals surface area (Å²) in [5.74, 6) is 1.10. The van der Waals surface area contributed by atoms with Gasteiger partial charge >= 0.3 is 0 Å². The number of nitrogens with one attached hydrogen (secondary N) is 1. The average Bonchev–Trinajstić information content (AvgIpc) is 2.81. The molecule has 118 valence electrons. The van der Waals surface area contributed by atoms with Crippen molar-refractivity contribution >= 4 is 0 Å². The molecule has 2 aromatic rings. The molecule has 2 heteroatoms. The van der Waals surface area contributed by atoms with E-state index in [1.807, 2.05) is 0 Å². The third kappa shape index (κ3) is 2.84. The quantitative estimate of drug-likeness (QED) is 0.782. The maximum Gasteiger partial charge on any atom is 0.112 e. The van der Waals surface area contributed by atoms with Crippen molar-refractivity contribution in [1.82, 2.24) is 9.97 Å². The van der Waals surface area contributed by atoms with Crippen LogP contribution in [0, 0.1) is 5.41 Å². The lowest BCUT2D eigenvalue weighted by Gasteiger charge is -2.24. The van der Waals surface area contributed by atoms with Gasteiger partial charge in [0, 0.05) is 11.0 Å². The molecule has 22 heavy (non-hydrogen) atoms. The predicted octanol–water partition coefficient (Wildman–Crippen LogP) is 5.06. The number of nitrogens with zero attached hydrogens (tertiary/aromatic N) is 1. The fraction of sp³-hybridized carbons (Fsp3) is 0.550. The second kappa shape index (κ2) is 4.97. The van der Waals surface area contributed by atoms with Crippen molar-refractivity contribution in [1.29, 1.82) is 0 Å². The number of hydrogen-bond acceptors (Lipinski definition) is 1. The summed E-state index contributed by atoms with van der Waals surface area (Å²) in [7, 11) is 0. The van der Waals surface area contributed by atoms with Gasteiger partial charge in [0.25, 0.3) is 0 Å². The molecule has 1 aliphatic carbocycles. The van der Waals surface area contributed by atoms with Gasteiger partial charge in [-0.05, 0) is 35.8 Å². The SMILES string of the molecule is CC(C)(C)Cc1cccc2c1CCc1nc(C(C)(C)C)[nH]c1-2. The molecule has 0 unspecified atom stereocenters. The molecule has 1 aromatic carbocycles. The van der Waals surface area contributed by atoms with Crippen LogP contribution in [0.25, 0.3) is 11.3 Å². The molecule has 0 radical (unpaired) electrons. The third-order valence-corrected chi connectivity index (χ3v) is 4.36. The molecule has 1 N–H and O–H groups in total. The highest BCUT2D eigenvalue weighted by Crippen LogP contribution is 2.37. The van der Waals surface area contributed by atoms with Crippen LogP contribution in [0.15, 0.2) is 18.2 Å². The molecule has 0 saturated heterocycles. The highest BCUT2D eigenvalue weighted by Gasteiger charge is 2.26. The summed E-state index contributed by atoms with van der Waals surface area (Å²) in [5, 5.41) is 0. The molecule has 1 aliphatic rings. The minimum absolute atomic E-state index is 0.0700. The van der Waals surface area contributed by atoms with E-state index >= 15 is 0 Å². The largest absolute Gasteiger partial charge is 0.341 e. The standard InChI is InChI=1S/C20H28N2/c1-19(2,3)12-13-8-7-9-15-14(13)10-11-16-17(15)22-18(21-16)20(4,5)6/h7-9H,10-12H2,1-6H3,(H,21,22). The summed E-state index contributed by atoms with van der Waals surface area (Å²) in [4.78, 5) is 8.48. The average molecular weight is 296 g/mol. The van der Waals surface area contributed by atoms with Gasteiger partial charge in [-0.25, -0.2) is 4.98 Å². The highest BCUT2D eigenvalue weighted by atomic mass is 15.0. The first kappa shape index (κ1) is 15.3. The van der Waals surface area contributed by atoms with Gasteiger partial charge < -0.3 is 4.98 Å². The Labute approximate surface area is 134 Å². The first-order valence-corrected chi connectivity index (χ1v) is 8.36. The Bertz CT molecular complexity index is 693. The minimum atomic E-state index is 0.0700. The zero-order chi connectivity index (χ0) is 16.1. The lowest BCUT2D eigenvalue weighted by Crippen LogP contribution is -2.14. The molecule has 0 fully saturated rings. The Morgan fingerprint density at radius 1 is 1.05 bits per heavy atom. The highest BCUT2D eigenvalue weighted by molar-refractivity contribution is 5.70. The molecule has 2 nitrogen and oxygen atoms in total. The van der Waals surface area contributed by atoms with E-state index in [0.717, 1.165) is 25.1 Å². The number of H-pyrrole nitrogens is 1. The van der Waals surface area contributed by atoms with Crippen molar-refractivity contribution in [3.63, 3.8) is 0 Å². The van der Waals surface area contributed by atoms with Crippen molar-refractivity contribution in [2.45, 2.75) is 66.2 Å². The lowest BCUT2D eigenvalue weighted by molar-refractivity contribution is 0.410. The molecule has 1 heterocycles. The van der Waals surface area contributed by atoms with Gasteiger partial charge in [-0.1, -0.05) is 59.7 Å². The van der Waals surface area contributed by atoms with Gasteiger partial charge in [-0.15, -0.1) is 0 Å². The third-order valence-electron chi connectivity index (χ3n) is 4.36. The monoisotopic (exact) mass is 296 g/mol. The number of rotatable bonds is 1. The van der Waals surface area contributed by atoms with Crippen molar-refractivity contribution in [2.24, 2.45) is 5.41 Å². The van der Waals surface area contributed by atoms with E-state index in [-0.39, 0.29) is 5.41 Å². The minimum Gasteiger partial charge on any atom is -0.341 e. The second-order valence-electron chi connectivity index (χ2n) is 8.84. The molecular weight excluding hydrogens is 268 g/mol. The molecule has 1 aromatic heterocycles. The summed E-state index contributed by atoms with van der Waals surface area (Å²) in [6, 6.07) is 6.76. The summed E-state index contributed by atoms with van der Waals surface area (Å²) < 4.78 is 0. The lowest BCUT2D eigenvalue weighted by atomic mass is 9.81. The topological polar surface area (TPSA) is 28.7 Å². The smallest absolute Gasteiger partial charge is 0.112 e. The van der Waals surface area contributed by atoms with E-state index in [4.69, 9.17) is 4.98 Å². The Kier molecular flexibility index (Phi) is 3.47. The van der Waals surface area contributed by atoms with Crippen LogP contribution in [-0.2, 0) is 24.7 Å². The molecule has 0 spiro atoms. The molecule has 0 aliphatic heterocycles. The summed E-state index contributed by atoms with van der Waals surface area (Å²) in [6.45, 7) is 13.6. The number of benzene rings is 1. The summed E-state index contributed by atoms with van der Waals surface area (Å²) >= 11 is 0. The van der Waals surface area contributed by atoms with Crippen LogP contribution in [0.5, 0.6) is 0 Å². The van der Waals surface area contributed by atoms with Gasteiger partial charge in [0.05, 0.1) is 11.4 Å². The van der Waals surface area contributed by atoms with E-state index in [0.29, 0.717) is 5.41 Å². The van der Waals surface area contributed by atoms with E-state index in [2.05, 4.69) is 64.7 Å². The van der Waals surface area contributed by atoms with Gasteiger partial charge in [0.15, 0.2) is 0 Å². The molecule has 0 amide bonds. The number of imidazole rings is 1. The predicted molar refractivity (Wildman–Crippen MR) is 93.3 cm³/mol. The van der Waals surface area contributed by atoms with Crippen LogP contribution in [0.3, 0.4) is 0 Å². The van der Waals surface area contributed by atoms with Gasteiger partial charge in [0.1, 0.15) is 5.82 Å². The van der Waals surface area contributed by atoms with E-state index in [1.54, 1.807) is 0 Å². The molecular formula is C20H28N2. The zero-order valence-corrected chi connectivity index (χ0v) is 14.8. The van der Waals surface area contributed by atoms with Crippen molar-refractivity contribution < 1.29 is 0 Å². The Morgan fingerprint density at radius 3 is 2.41 bits per heavy atom. The van der Waals surface area contributed by atoms with Crippen molar-refractivity contribution in [2.75, 3.05) is 0 Å². The summed E-state index contributed by atoms with van der Waals surface area (Å²) in [6.07, 6.45) is 3.30. The van der Waals surface area contributed by atoms with Crippen LogP contribution in [0.2, 0.25) is 0 Å². The van der Waals surface area contributed by atoms with E-state index < -0.39 is 0 Å². The van der Waals surface area contributed by atoms with E-state index in [1.165, 1.54) is 28.1 Å². The van der Waals surface area contributed by atoms with Gasteiger partial charge in [0.2, 0.25) is 0 Å². The van der Waals surface area contributed by atoms with E-state index in [9.17, 15) is 0 Å². The zero-order valence-electron chi connectivity index (χ0n) is 14.8. The van der Waals surface area contributed by atoms with Crippen LogP contribution >= 0.6 is 0 Å². The molecule has 0 atom stereocenters. The maximum atomic E-state index is 4.87. The first-order chi connectivity index (χ1) is 10.1. The molecule has 3 rings (SSSR count). The van der Waals surface area contributed by atoms with Crippen LogP contribution < -0.4 is 0 Å². The summed E-state index contributed by atoms with van der Waals surface area (Å²) in [5.41, 5.74) is 7.27. The number of fused-ring (bicyclic) bond motifs is 3. The molecule has 0 bridgehead atoms. The van der Waals surface area contributed by atoms with Gasteiger partial charge in [-0.3, -0.25) is 0 Å². The van der Waals surface area contributed by atoms with Crippen LogP contribution in [0.4, 0.5) is 0 Å². The Hall–Kier alpha value is -1.57. The number of aromatic nitrogens is 2. The van der Waals surface area contributed by atoms with Crippen LogP contribution in [-0.4, -0.2) is 9.97 Å². The normalized spacial score (nSPS) is 14.6. The number of aryl methyl sites for hydroxylation is 1. The van der Waals surface area contributed by atoms with Crippen LogP contribution in [0.1, 0.15) is 64.2 Å². The maximum absolute atomic E-state index is 4.87. The molecule has 0 saturated carbocycles. The van der Waals surface area contributed by atoms with Crippen molar-refractivity contribution in [3.8, 4) is 11.3 Å². The fourth-order valence-electron chi connectivity index (χ4n) is 3.31. The fourth-order valence-corrected chi connectivity index (χ4v) is 3.31.